The Bertz CT molecular complexity index is 449. The van der Waals surface area contributed by atoms with Gasteiger partial charge < -0.3 is 10.1 Å². The first-order chi connectivity index (χ1) is 9.08. The number of hydrogen-bond acceptors (Lipinski definition) is 3. The SMILES string of the molecule is CCOc1ccccc1C(=O)NC(=S)NC(C)CC. The van der Waals surface area contributed by atoms with Gasteiger partial charge in [-0.05, 0) is 44.6 Å². The van der Waals surface area contributed by atoms with Gasteiger partial charge in [-0.25, -0.2) is 0 Å². The molecule has 0 bridgehead atoms. The first-order valence-electron chi connectivity index (χ1n) is 6.42. The highest BCUT2D eigenvalue weighted by molar-refractivity contribution is 7.80. The number of hydrogen-bond donors (Lipinski definition) is 2. The van der Waals surface area contributed by atoms with Crippen molar-refractivity contribution in [2.75, 3.05) is 6.61 Å². The van der Waals surface area contributed by atoms with Gasteiger partial charge in [-0.15, -0.1) is 0 Å². The maximum absolute atomic E-state index is 12.1. The Kier molecular flexibility index (Phi) is 6.29. The summed E-state index contributed by atoms with van der Waals surface area (Å²) in [6, 6.07) is 7.34. The zero-order valence-electron chi connectivity index (χ0n) is 11.5. The van der Waals surface area contributed by atoms with Gasteiger partial charge in [-0.2, -0.15) is 0 Å². The molecular formula is C14H20N2O2S. The summed E-state index contributed by atoms with van der Waals surface area (Å²) < 4.78 is 5.42. The summed E-state index contributed by atoms with van der Waals surface area (Å²) in [6.45, 7) is 6.45. The molecule has 5 heteroatoms. The van der Waals surface area contributed by atoms with Gasteiger partial charge in [0.15, 0.2) is 5.11 Å². The number of ether oxygens (including phenoxy) is 1. The smallest absolute Gasteiger partial charge is 0.261 e. The highest BCUT2D eigenvalue weighted by atomic mass is 32.1. The summed E-state index contributed by atoms with van der Waals surface area (Å²) in [5, 5.41) is 6.04. The molecule has 0 aliphatic carbocycles. The quantitative estimate of drug-likeness (QED) is 0.814. The minimum atomic E-state index is -0.259. The molecule has 2 N–H and O–H groups in total. The third kappa shape index (κ3) is 4.87. The molecule has 0 aliphatic rings. The second-order valence-electron chi connectivity index (χ2n) is 4.17. The molecule has 19 heavy (non-hydrogen) atoms. The Labute approximate surface area is 119 Å². The van der Waals surface area contributed by atoms with Crippen LogP contribution >= 0.6 is 12.2 Å². The van der Waals surface area contributed by atoms with Crippen molar-refractivity contribution >= 4 is 23.2 Å². The second kappa shape index (κ2) is 7.74. The fourth-order valence-electron chi connectivity index (χ4n) is 1.47. The zero-order valence-corrected chi connectivity index (χ0v) is 12.3. The van der Waals surface area contributed by atoms with Crippen molar-refractivity contribution < 1.29 is 9.53 Å². The van der Waals surface area contributed by atoms with E-state index >= 15 is 0 Å². The molecule has 1 atom stereocenters. The van der Waals surface area contributed by atoms with Gasteiger partial charge in [0.05, 0.1) is 12.2 Å². The van der Waals surface area contributed by atoms with Gasteiger partial charge in [-0.3, -0.25) is 10.1 Å². The van der Waals surface area contributed by atoms with E-state index in [9.17, 15) is 4.79 Å². The van der Waals surface area contributed by atoms with E-state index in [4.69, 9.17) is 17.0 Å². The summed E-state index contributed by atoms with van der Waals surface area (Å²) in [7, 11) is 0. The number of amides is 1. The first kappa shape index (κ1) is 15.4. The summed E-state index contributed by atoms with van der Waals surface area (Å²) in [5.74, 6) is 0.304. The number of nitrogens with one attached hydrogen (secondary N) is 2. The van der Waals surface area contributed by atoms with Crippen LogP contribution in [0.15, 0.2) is 24.3 Å². The lowest BCUT2D eigenvalue weighted by atomic mass is 10.2. The number of thiocarbonyl (C=S) groups is 1. The molecule has 1 amide bonds. The molecule has 0 heterocycles. The van der Waals surface area contributed by atoms with Crippen molar-refractivity contribution in [1.29, 1.82) is 0 Å². The molecule has 0 aromatic heterocycles. The monoisotopic (exact) mass is 280 g/mol. The normalized spacial score (nSPS) is 11.5. The number of rotatable bonds is 5. The Morgan fingerprint density at radius 2 is 2.05 bits per heavy atom. The highest BCUT2D eigenvalue weighted by Gasteiger charge is 2.13. The van der Waals surface area contributed by atoms with E-state index < -0.39 is 0 Å². The van der Waals surface area contributed by atoms with Gasteiger partial charge in [-0.1, -0.05) is 19.1 Å². The molecule has 1 aromatic carbocycles. The van der Waals surface area contributed by atoms with Gasteiger partial charge >= 0.3 is 0 Å². The number of benzene rings is 1. The lowest BCUT2D eigenvalue weighted by Crippen LogP contribution is -2.43. The largest absolute Gasteiger partial charge is 0.493 e. The van der Waals surface area contributed by atoms with Crippen molar-refractivity contribution in [3.05, 3.63) is 29.8 Å². The Morgan fingerprint density at radius 1 is 1.37 bits per heavy atom. The van der Waals surface area contributed by atoms with Crippen LogP contribution in [0.1, 0.15) is 37.6 Å². The van der Waals surface area contributed by atoms with Crippen molar-refractivity contribution in [2.45, 2.75) is 33.2 Å². The van der Waals surface area contributed by atoms with E-state index in [1.807, 2.05) is 26.8 Å². The molecule has 0 radical (unpaired) electrons. The molecule has 0 saturated heterocycles. The average Bonchev–Trinajstić information content (AvgIpc) is 2.39. The van der Waals surface area contributed by atoms with Crippen LogP contribution in [0.2, 0.25) is 0 Å². The molecule has 4 nitrogen and oxygen atoms in total. The van der Waals surface area contributed by atoms with E-state index in [2.05, 4.69) is 10.6 Å². The maximum atomic E-state index is 12.1. The highest BCUT2D eigenvalue weighted by Crippen LogP contribution is 2.17. The van der Waals surface area contributed by atoms with Crippen molar-refractivity contribution in [3.63, 3.8) is 0 Å². The predicted octanol–water partition coefficient (Wildman–Crippen LogP) is 2.49. The second-order valence-corrected chi connectivity index (χ2v) is 4.57. The number of carbonyl (C=O) groups excluding carboxylic acids is 1. The average molecular weight is 280 g/mol. The Hall–Kier alpha value is -1.62. The Morgan fingerprint density at radius 3 is 2.68 bits per heavy atom. The van der Waals surface area contributed by atoms with Gasteiger partial charge in [0.25, 0.3) is 5.91 Å². The molecule has 0 aliphatic heterocycles. The molecular weight excluding hydrogens is 260 g/mol. The number of para-hydroxylation sites is 1. The van der Waals surface area contributed by atoms with Gasteiger partial charge in [0, 0.05) is 6.04 Å². The minimum Gasteiger partial charge on any atom is -0.493 e. The minimum absolute atomic E-state index is 0.231. The summed E-state index contributed by atoms with van der Waals surface area (Å²) in [4.78, 5) is 12.1. The van der Waals surface area contributed by atoms with Gasteiger partial charge in [0.2, 0.25) is 0 Å². The molecule has 0 spiro atoms. The van der Waals surface area contributed by atoms with Crippen LogP contribution < -0.4 is 15.4 Å². The van der Waals surface area contributed by atoms with Crippen molar-refractivity contribution in [3.8, 4) is 5.75 Å². The lowest BCUT2D eigenvalue weighted by molar-refractivity contribution is 0.0973. The topological polar surface area (TPSA) is 50.4 Å². The fraction of sp³-hybridized carbons (Fsp3) is 0.429. The summed E-state index contributed by atoms with van der Waals surface area (Å²) in [6.07, 6.45) is 0.936. The van der Waals surface area contributed by atoms with Crippen molar-refractivity contribution in [1.82, 2.24) is 10.6 Å². The van der Waals surface area contributed by atoms with E-state index in [-0.39, 0.29) is 11.9 Å². The molecule has 0 saturated carbocycles. The van der Waals surface area contributed by atoms with Crippen LogP contribution in [0.25, 0.3) is 0 Å². The van der Waals surface area contributed by atoms with Crippen LogP contribution in [0.4, 0.5) is 0 Å². The van der Waals surface area contributed by atoms with Gasteiger partial charge in [0.1, 0.15) is 5.75 Å². The summed E-state index contributed by atoms with van der Waals surface area (Å²) in [5.41, 5.74) is 0.484. The fourth-order valence-corrected chi connectivity index (χ4v) is 1.76. The van der Waals surface area contributed by atoms with E-state index in [0.29, 0.717) is 23.0 Å². The zero-order chi connectivity index (χ0) is 14.3. The van der Waals surface area contributed by atoms with E-state index in [1.54, 1.807) is 18.2 Å². The molecule has 1 unspecified atom stereocenters. The van der Waals surface area contributed by atoms with Crippen molar-refractivity contribution in [2.24, 2.45) is 0 Å². The lowest BCUT2D eigenvalue weighted by Gasteiger charge is -2.15. The summed E-state index contributed by atoms with van der Waals surface area (Å²) >= 11 is 5.10. The molecule has 1 rings (SSSR count). The number of carbonyl (C=O) groups is 1. The van der Waals surface area contributed by atoms with Crippen LogP contribution in [0.5, 0.6) is 5.75 Å². The van der Waals surface area contributed by atoms with Crippen LogP contribution in [0, 0.1) is 0 Å². The van der Waals surface area contributed by atoms with E-state index in [0.717, 1.165) is 6.42 Å². The Balaban J connectivity index is 2.70. The molecule has 0 fully saturated rings. The third-order valence-electron chi connectivity index (χ3n) is 2.65. The molecule has 104 valence electrons. The van der Waals surface area contributed by atoms with Crippen LogP contribution in [-0.4, -0.2) is 23.7 Å². The van der Waals surface area contributed by atoms with Crippen LogP contribution in [0.3, 0.4) is 0 Å². The van der Waals surface area contributed by atoms with Crippen LogP contribution in [-0.2, 0) is 0 Å². The molecule has 1 aromatic rings. The van der Waals surface area contributed by atoms with E-state index in [1.165, 1.54) is 0 Å². The maximum Gasteiger partial charge on any atom is 0.261 e. The predicted molar refractivity (Wildman–Crippen MR) is 80.6 cm³/mol. The first-order valence-corrected chi connectivity index (χ1v) is 6.83. The third-order valence-corrected chi connectivity index (χ3v) is 2.87. The standard InChI is InChI=1S/C14H20N2O2S/c1-4-10(3)15-14(19)16-13(17)11-8-6-7-9-12(11)18-5-2/h6-10H,4-5H2,1-3H3,(H2,15,16,17,19).